The van der Waals surface area contributed by atoms with Crippen LogP contribution in [0.5, 0.6) is 0 Å². The highest BCUT2D eigenvalue weighted by molar-refractivity contribution is 7.13. The Morgan fingerprint density at radius 3 is 3.10 bits per heavy atom. The number of hydrogen-bond acceptors (Lipinski definition) is 7. The lowest BCUT2D eigenvalue weighted by atomic mass is 10.4. The van der Waals surface area contributed by atoms with Gasteiger partial charge in [0.1, 0.15) is 5.76 Å². The molecule has 0 radical (unpaired) electrons. The zero-order valence-electron chi connectivity index (χ0n) is 10.8. The summed E-state index contributed by atoms with van der Waals surface area (Å²) in [5.74, 6) is 0.798. The second-order valence-corrected chi connectivity index (χ2v) is 4.89. The van der Waals surface area contributed by atoms with Gasteiger partial charge in [0.25, 0.3) is 5.89 Å². The molecule has 0 aliphatic carbocycles. The summed E-state index contributed by atoms with van der Waals surface area (Å²) in [6.45, 7) is -0.0697. The van der Waals surface area contributed by atoms with Crippen LogP contribution in [0.3, 0.4) is 0 Å². The first-order chi connectivity index (χ1) is 10.3. The molecule has 0 spiro atoms. The molecule has 0 bridgehead atoms. The smallest absolute Gasteiger partial charge is 0.331 e. The predicted octanol–water partition coefficient (Wildman–Crippen LogP) is 3.15. The number of carbonyl (C=O) groups is 1. The molecule has 0 unspecified atom stereocenters. The molecular formula is C14H10N2O4S. The van der Waals surface area contributed by atoms with Gasteiger partial charge in [-0.25, -0.2) is 4.79 Å². The van der Waals surface area contributed by atoms with Crippen molar-refractivity contribution in [2.24, 2.45) is 0 Å². The van der Waals surface area contributed by atoms with Crippen LogP contribution in [0.15, 0.2) is 50.9 Å². The third-order valence-corrected chi connectivity index (χ3v) is 3.34. The normalized spacial score (nSPS) is 11.0. The van der Waals surface area contributed by atoms with Crippen molar-refractivity contribution >= 4 is 23.4 Å². The van der Waals surface area contributed by atoms with Crippen LogP contribution in [0.1, 0.15) is 11.7 Å². The van der Waals surface area contributed by atoms with Crippen molar-refractivity contribution in [3.8, 4) is 10.7 Å². The van der Waals surface area contributed by atoms with Crippen molar-refractivity contribution in [1.82, 2.24) is 10.1 Å². The molecule has 0 amide bonds. The Labute approximate surface area is 123 Å². The summed E-state index contributed by atoms with van der Waals surface area (Å²) in [4.78, 5) is 16.6. The summed E-state index contributed by atoms with van der Waals surface area (Å²) in [5, 5.41) is 5.74. The summed E-state index contributed by atoms with van der Waals surface area (Å²) in [5.41, 5.74) is 0. The standard InChI is InChI=1S/C14H10N2O4S/c17-13(6-5-10-3-1-7-18-10)19-9-12-15-14(16-20-12)11-4-2-8-21-11/h1-8H,9H2. The van der Waals surface area contributed by atoms with Gasteiger partial charge in [0.15, 0.2) is 6.61 Å². The SMILES string of the molecule is O=C(C=Cc1ccco1)OCc1nc(-c2cccs2)no1. The van der Waals surface area contributed by atoms with Crippen LogP contribution in [0, 0.1) is 0 Å². The van der Waals surface area contributed by atoms with Crippen molar-refractivity contribution in [1.29, 1.82) is 0 Å². The van der Waals surface area contributed by atoms with E-state index in [4.69, 9.17) is 13.7 Å². The maximum atomic E-state index is 11.5. The van der Waals surface area contributed by atoms with E-state index in [1.54, 1.807) is 12.1 Å². The molecule has 7 heteroatoms. The molecule has 0 N–H and O–H groups in total. The fourth-order valence-electron chi connectivity index (χ4n) is 1.54. The topological polar surface area (TPSA) is 78.4 Å². The van der Waals surface area contributed by atoms with Crippen LogP contribution in [-0.2, 0) is 16.1 Å². The van der Waals surface area contributed by atoms with Crippen molar-refractivity contribution < 1.29 is 18.5 Å². The number of nitrogens with zero attached hydrogens (tertiary/aromatic N) is 2. The Balaban J connectivity index is 1.54. The second kappa shape index (κ2) is 6.19. The first-order valence-electron chi connectivity index (χ1n) is 6.06. The molecule has 21 heavy (non-hydrogen) atoms. The molecule has 0 aliphatic heterocycles. The quantitative estimate of drug-likeness (QED) is 0.532. The van der Waals surface area contributed by atoms with Crippen LogP contribution < -0.4 is 0 Å². The first kappa shape index (κ1) is 13.3. The minimum Gasteiger partial charge on any atom is -0.465 e. The number of furan rings is 1. The maximum Gasteiger partial charge on any atom is 0.331 e. The van der Waals surface area contributed by atoms with Gasteiger partial charge < -0.3 is 13.7 Å². The number of aromatic nitrogens is 2. The molecule has 106 valence electrons. The Hall–Kier alpha value is -2.67. The lowest BCUT2D eigenvalue weighted by Crippen LogP contribution is -2.00. The van der Waals surface area contributed by atoms with Crippen molar-refractivity contribution in [3.05, 3.63) is 53.6 Å². The summed E-state index contributed by atoms with van der Waals surface area (Å²) in [6, 6.07) is 7.25. The van der Waals surface area contributed by atoms with Gasteiger partial charge in [-0.1, -0.05) is 11.2 Å². The fraction of sp³-hybridized carbons (Fsp3) is 0.0714. The predicted molar refractivity (Wildman–Crippen MR) is 75.1 cm³/mol. The molecular weight excluding hydrogens is 292 g/mol. The first-order valence-corrected chi connectivity index (χ1v) is 6.94. The Bertz CT molecular complexity index is 729. The zero-order chi connectivity index (χ0) is 14.5. The van der Waals surface area contributed by atoms with Crippen LogP contribution in [-0.4, -0.2) is 16.1 Å². The third-order valence-electron chi connectivity index (χ3n) is 2.47. The van der Waals surface area contributed by atoms with E-state index in [2.05, 4.69) is 10.1 Å². The second-order valence-electron chi connectivity index (χ2n) is 3.95. The van der Waals surface area contributed by atoms with Crippen molar-refractivity contribution in [2.45, 2.75) is 6.61 Å². The largest absolute Gasteiger partial charge is 0.465 e. The summed E-state index contributed by atoms with van der Waals surface area (Å²) >= 11 is 1.51. The minimum absolute atomic E-state index is 0.0697. The van der Waals surface area contributed by atoms with Crippen molar-refractivity contribution in [2.75, 3.05) is 0 Å². The van der Waals surface area contributed by atoms with E-state index in [1.165, 1.54) is 29.8 Å². The van der Waals surface area contributed by atoms with Gasteiger partial charge in [-0.15, -0.1) is 11.3 Å². The molecule has 3 aromatic heterocycles. The number of thiophene rings is 1. The van der Waals surface area contributed by atoms with Gasteiger partial charge in [0.2, 0.25) is 5.82 Å². The van der Waals surface area contributed by atoms with Gasteiger partial charge in [0, 0.05) is 6.08 Å². The van der Waals surface area contributed by atoms with Crippen molar-refractivity contribution in [3.63, 3.8) is 0 Å². The van der Waals surface area contributed by atoms with Gasteiger partial charge in [-0.2, -0.15) is 4.98 Å². The highest BCUT2D eigenvalue weighted by Gasteiger charge is 2.10. The molecule has 0 fully saturated rings. The molecule has 0 aliphatic rings. The molecule has 3 rings (SSSR count). The van der Waals surface area contributed by atoms with Crippen LogP contribution in [0.25, 0.3) is 16.8 Å². The third kappa shape index (κ3) is 3.46. The summed E-state index contributed by atoms with van der Waals surface area (Å²) < 4.78 is 15.1. The average Bonchev–Trinajstić information content (AvgIpc) is 3.24. The molecule has 0 saturated heterocycles. The number of rotatable bonds is 5. The van der Waals surface area contributed by atoms with Crippen LogP contribution in [0.2, 0.25) is 0 Å². The Kier molecular flexibility index (Phi) is 3.92. The van der Waals surface area contributed by atoms with E-state index >= 15 is 0 Å². The summed E-state index contributed by atoms with van der Waals surface area (Å²) in [6.07, 6.45) is 4.32. The van der Waals surface area contributed by atoms with E-state index < -0.39 is 5.97 Å². The highest BCUT2D eigenvalue weighted by Crippen LogP contribution is 2.21. The molecule has 0 aromatic carbocycles. The highest BCUT2D eigenvalue weighted by atomic mass is 32.1. The molecule has 3 aromatic rings. The van der Waals surface area contributed by atoms with Crippen LogP contribution >= 0.6 is 11.3 Å². The average molecular weight is 302 g/mol. The maximum absolute atomic E-state index is 11.5. The van der Waals surface area contributed by atoms with E-state index in [9.17, 15) is 4.79 Å². The lowest BCUT2D eigenvalue weighted by molar-refractivity contribution is -0.139. The lowest BCUT2D eigenvalue weighted by Gasteiger charge is -1.95. The Morgan fingerprint density at radius 1 is 1.38 bits per heavy atom. The fourth-order valence-corrected chi connectivity index (χ4v) is 2.19. The van der Waals surface area contributed by atoms with E-state index in [0.717, 1.165) is 4.88 Å². The molecule has 3 heterocycles. The summed E-state index contributed by atoms with van der Waals surface area (Å²) in [7, 11) is 0. The van der Waals surface area contributed by atoms with E-state index in [-0.39, 0.29) is 12.5 Å². The van der Waals surface area contributed by atoms with Gasteiger partial charge in [-0.05, 0) is 29.7 Å². The van der Waals surface area contributed by atoms with Gasteiger partial charge in [-0.3, -0.25) is 0 Å². The zero-order valence-corrected chi connectivity index (χ0v) is 11.6. The Morgan fingerprint density at radius 2 is 2.33 bits per heavy atom. The number of ether oxygens (including phenoxy) is 1. The van der Waals surface area contributed by atoms with Gasteiger partial charge >= 0.3 is 5.97 Å². The monoisotopic (exact) mass is 302 g/mol. The number of carbonyl (C=O) groups excluding carboxylic acids is 1. The molecule has 0 atom stereocenters. The van der Waals surface area contributed by atoms with E-state index in [0.29, 0.717) is 11.6 Å². The number of hydrogen-bond donors (Lipinski definition) is 0. The minimum atomic E-state index is -0.512. The molecule has 6 nitrogen and oxygen atoms in total. The van der Waals surface area contributed by atoms with Crippen LogP contribution in [0.4, 0.5) is 0 Å². The van der Waals surface area contributed by atoms with Gasteiger partial charge in [0.05, 0.1) is 11.1 Å². The van der Waals surface area contributed by atoms with E-state index in [1.807, 2.05) is 17.5 Å². The number of esters is 1. The molecule has 0 saturated carbocycles.